The predicted octanol–water partition coefficient (Wildman–Crippen LogP) is 0.0666. The van der Waals surface area contributed by atoms with E-state index in [0.29, 0.717) is 0 Å². The highest BCUT2D eigenvalue weighted by molar-refractivity contribution is 6.33. The van der Waals surface area contributed by atoms with Crippen molar-refractivity contribution in [2.75, 3.05) is 11.6 Å². The highest BCUT2D eigenvalue weighted by atomic mass is 35.5. The number of carboxylic acids is 1. The van der Waals surface area contributed by atoms with Gasteiger partial charge < -0.3 is 15.3 Å². The Morgan fingerprint density at radius 1 is 1.61 bits per heavy atom. The number of aromatic nitrogens is 1. The van der Waals surface area contributed by atoms with Crippen LogP contribution in [0.3, 0.4) is 0 Å². The Bertz CT molecular complexity index is 522. The molecule has 3 N–H and O–H groups in total. The molecule has 1 aromatic rings. The predicted molar refractivity (Wildman–Crippen MR) is 63.4 cm³/mol. The summed E-state index contributed by atoms with van der Waals surface area (Å²) in [6, 6.07) is 3.07. The minimum atomic E-state index is -2.28. The van der Waals surface area contributed by atoms with E-state index in [1.54, 1.807) is 6.07 Å². The molecule has 2 rings (SSSR count). The van der Waals surface area contributed by atoms with Crippen molar-refractivity contribution in [2.45, 2.75) is 12.1 Å². The summed E-state index contributed by atoms with van der Waals surface area (Å²) in [7, 11) is 0. The number of halogens is 1. The molecule has 0 radical (unpaired) electrons. The number of anilines is 1. The lowest BCUT2D eigenvalue weighted by molar-refractivity contribution is -0.157. The van der Waals surface area contributed by atoms with Gasteiger partial charge in [-0.2, -0.15) is 5.10 Å². The van der Waals surface area contributed by atoms with E-state index in [1.165, 1.54) is 12.3 Å². The average molecular weight is 272 g/mol. The van der Waals surface area contributed by atoms with E-state index in [4.69, 9.17) is 21.8 Å². The van der Waals surface area contributed by atoms with Crippen LogP contribution in [0.15, 0.2) is 23.4 Å². The first-order chi connectivity index (χ1) is 8.49. The van der Waals surface area contributed by atoms with Gasteiger partial charge in [0.15, 0.2) is 5.82 Å². The summed E-state index contributed by atoms with van der Waals surface area (Å²) < 4.78 is 0. The minimum Gasteiger partial charge on any atom is -0.478 e. The second kappa shape index (κ2) is 4.52. The summed E-state index contributed by atoms with van der Waals surface area (Å²) >= 11 is 5.89. The molecule has 96 valence electrons. The van der Waals surface area contributed by atoms with E-state index in [2.05, 4.69) is 10.1 Å². The molecule has 0 aromatic carbocycles. The summed E-state index contributed by atoms with van der Waals surface area (Å²) in [5, 5.41) is 33.0. The molecule has 1 aliphatic heterocycles. The minimum absolute atomic E-state index is 0.0208. The smallest absolute Gasteiger partial charge is 0.359 e. The fourth-order valence-electron chi connectivity index (χ4n) is 1.63. The lowest BCUT2D eigenvalue weighted by Gasteiger charge is -2.27. The van der Waals surface area contributed by atoms with E-state index in [-0.39, 0.29) is 23.0 Å². The zero-order valence-electron chi connectivity index (χ0n) is 9.12. The van der Waals surface area contributed by atoms with E-state index in [0.717, 1.165) is 5.01 Å². The monoisotopic (exact) mass is 271 g/mol. The van der Waals surface area contributed by atoms with Gasteiger partial charge in [-0.15, -0.1) is 0 Å². The topological polar surface area (TPSA) is 106 Å². The van der Waals surface area contributed by atoms with Gasteiger partial charge in [0.05, 0.1) is 23.8 Å². The van der Waals surface area contributed by atoms with Gasteiger partial charge in [0.1, 0.15) is 0 Å². The molecule has 1 aliphatic rings. The molecular weight excluding hydrogens is 262 g/mol. The van der Waals surface area contributed by atoms with Crippen molar-refractivity contribution in [2.24, 2.45) is 5.10 Å². The zero-order valence-corrected chi connectivity index (χ0v) is 9.87. The molecule has 2 heterocycles. The first-order valence-corrected chi connectivity index (χ1v) is 5.40. The number of nitrogens with zero attached hydrogens (tertiary/aromatic N) is 3. The highest BCUT2D eigenvalue weighted by Crippen LogP contribution is 2.34. The number of pyridine rings is 1. The number of carbonyl (C=O) groups is 1. The van der Waals surface area contributed by atoms with Crippen molar-refractivity contribution >= 4 is 29.1 Å². The first-order valence-electron chi connectivity index (χ1n) is 5.03. The van der Waals surface area contributed by atoms with Gasteiger partial charge in [0, 0.05) is 6.20 Å². The molecular formula is C10H10ClN3O4. The van der Waals surface area contributed by atoms with Crippen molar-refractivity contribution in [1.82, 2.24) is 4.98 Å². The number of hydrazone groups is 1. The molecule has 0 bridgehead atoms. The number of rotatable bonds is 3. The fourth-order valence-corrected chi connectivity index (χ4v) is 1.83. The normalized spacial score (nSPS) is 23.1. The Labute approximate surface area is 107 Å². The first kappa shape index (κ1) is 12.7. The van der Waals surface area contributed by atoms with E-state index < -0.39 is 18.3 Å². The Kier molecular flexibility index (Phi) is 3.20. The maximum Gasteiger partial charge on any atom is 0.359 e. The molecule has 7 nitrogen and oxygen atoms in total. The van der Waals surface area contributed by atoms with Crippen molar-refractivity contribution in [3.8, 4) is 0 Å². The van der Waals surface area contributed by atoms with Crippen LogP contribution in [0.25, 0.3) is 0 Å². The number of carboxylic acid groups (broad SMARTS) is 1. The van der Waals surface area contributed by atoms with Crippen LogP contribution in [-0.2, 0) is 4.79 Å². The SMILES string of the molecule is O=C(O)C1(O)CC(CO)=NN1c1ncccc1Cl. The Morgan fingerprint density at radius 2 is 2.33 bits per heavy atom. The quantitative estimate of drug-likeness (QED) is 0.718. The molecule has 0 amide bonds. The summed E-state index contributed by atoms with van der Waals surface area (Å²) in [5.74, 6) is -1.47. The molecule has 1 unspecified atom stereocenters. The van der Waals surface area contributed by atoms with Crippen molar-refractivity contribution in [3.05, 3.63) is 23.4 Å². The van der Waals surface area contributed by atoms with Crippen LogP contribution in [-0.4, -0.2) is 44.3 Å². The lowest BCUT2D eigenvalue weighted by Crippen LogP contribution is -2.50. The van der Waals surface area contributed by atoms with Crippen molar-refractivity contribution in [1.29, 1.82) is 0 Å². The van der Waals surface area contributed by atoms with Gasteiger partial charge in [0.25, 0.3) is 5.72 Å². The largest absolute Gasteiger partial charge is 0.478 e. The van der Waals surface area contributed by atoms with Gasteiger partial charge >= 0.3 is 5.97 Å². The molecule has 0 saturated heterocycles. The summed E-state index contributed by atoms with van der Waals surface area (Å²) in [6.07, 6.45) is 1.08. The fraction of sp³-hybridized carbons (Fsp3) is 0.300. The van der Waals surface area contributed by atoms with Crippen LogP contribution in [0.5, 0.6) is 0 Å². The third kappa shape index (κ3) is 1.92. The van der Waals surface area contributed by atoms with E-state index in [9.17, 15) is 9.90 Å². The number of aliphatic hydroxyl groups excluding tert-OH is 1. The molecule has 1 aromatic heterocycles. The zero-order chi connectivity index (χ0) is 13.3. The van der Waals surface area contributed by atoms with Crippen LogP contribution in [0, 0.1) is 0 Å². The summed E-state index contributed by atoms with van der Waals surface area (Å²) in [5.41, 5.74) is -2.14. The van der Waals surface area contributed by atoms with Crippen LogP contribution >= 0.6 is 11.6 Å². The molecule has 18 heavy (non-hydrogen) atoms. The summed E-state index contributed by atoms with van der Waals surface area (Å²) in [6.45, 7) is -0.448. The van der Waals surface area contributed by atoms with Crippen LogP contribution < -0.4 is 5.01 Å². The molecule has 0 saturated carbocycles. The van der Waals surface area contributed by atoms with Gasteiger partial charge in [0.2, 0.25) is 0 Å². The number of hydrogen-bond donors (Lipinski definition) is 3. The molecule has 8 heteroatoms. The molecule has 0 spiro atoms. The third-order valence-electron chi connectivity index (χ3n) is 2.51. The van der Waals surface area contributed by atoms with Crippen LogP contribution in [0.4, 0.5) is 5.82 Å². The number of aliphatic hydroxyl groups is 2. The van der Waals surface area contributed by atoms with Gasteiger partial charge in [-0.25, -0.2) is 14.8 Å². The maximum atomic E-state index is 11.2. The van der Waals surface area contributed by atoms with Crippen molar-refractivity contribution < 1.29 is 20.1 Å². The van der Waals surface area contributed by atoms with Gasteiger partial charge in [-0.3, -0.25) is 0 Å². The van der Waals surface area contributed by atoms with Crippen LogP contribution in [0.2, 0.25) is 5.02 Å². The van der Waals surface area contributed by atoms with E-state index in [1.807, 2.05) is 0 Å². The van der Waals surface area contributed by atoms with Gasteiger partial charge in [-0.1, -0.05) is 11.6 Å². The summed E-state index contributed by atoms with van der Waals surface area (Å²) in [4.78, 5) is 15.1. The highest BCUT2D eigenvalue weighted by Gasteiger charge is 2.49. The van der Waals surface area contributed by atoms with Crippen LogP contribution in [0.1, 0.15) is 6.42 Å². The standard InChI is InChI=1S/C10H10ClN3O4/c11-7-2-1-3-12-8(7)14-10(18,9(16)17)4-6(5-15)13-14/h1-3,15,18H,4-5H2,(H,16,17). The molecule has 1 atom stereocenters. The maximum absolute atomic E-state index is 11.2. The third-order valence-corrected chi connectivity index (χ3v) is 2.80. The number of hydrogen-bond acceptors (Lipinski definition) is 6. The molecule has 0 fully saturated rings. The Balaban J connectivity index is 2.49. The van der Waals surface area contributed by atoms with Crippen molar-refractivity contribution in [3.63, 3.8) is 0 Å². The van der Waals surface area contributed by atoms with E-state index >= 15 is 0 Å². The Morgan fingerprint density at radius 3 is 2.89 bits per heavy atom. The molecule has 0 aliphatic carbocycles. The van der Waals surface area contributed by atoms with Gasteiger partial charge in [-0.05, 0) is 12.1 Å². The second-order valence-electron chi connectivity index (χ2n) is 3.74. The lowest BCUT2D eigenvalue weighted by atomic mass is 10.1. The average Bonchev–Trinajstić information content (AvgIpc) is 2.69. The Hall–Kier alpha value is -1.70. The second-order valence-corrected chi connectivity index (χ2v) is 4.15. The number of aliphatic carboxylic acids is 1.